The molecular weight excluding hydrogens is 312 g/mol. The average molecular weight is 328 g/mol. The summed E-state index contributed by atoms with van der Waals surface area (Å²) >= 11 is 0. The fourth-order valence-electron chi connectivity index (χ4n) is 2.63. The summed E-state index contributed by atoms with van der Waals surface area (Å²) in [6, 6.07) is 9.32. The molecule has 1 fully saturated rings. The second-order valence-electron chi connectivity index (χ2n) is 5.46. The molecule has 0 atom stereocenters. The highest BCUT2D eigenvalue weighted by Gasteiger charge is 2.23. The van der Waals surface area contributed by atoms with E-state index in [1.54, 1.807) is 23.1 Å². The van der Waals surface area contributed by atoms with Gasteiger partial charge in [0.25, 0.3) is 11.6 Å². The van der Waals surface area contributed by atoms with E-state index in [1.165, 1.54) is 24.4 Å². The minimum Gasteiger partial charge on any atom is -0.508 e. The van der Waals surface area contributed by atoms with Gasteiger partial charge < -0.3 is 14.9 Å². The van der Waals surface area contributed by atoms with Gasteiger partial charge >= 0.3 is 0 Å². The van der Waals surface area contributed by atoms with Crippen LogP contribution in [0.25, 0.3) is 0 Å². The van der Waals surface area contributed by atoms with Crippen molar-refractivity contribution in [2.24, 2.45) is 0 Å². The number of piperazine rings is 1. The van der Waals surface area contributed by atoms with E-state index in [1.807, 2.05) is 4.90 Å². The average Bonchev–Trinajstić information content (AvgIpc) is 2.61. The van der Waals surface area contributed by atoms with E-state index in [0.29, 0.717) is 37.6 Å². The molecule has 2 aromatic rings. The SMILES string of the molecule is O=C(c1cccc(O)c1)N1CCN(c2ccc([N+](=O)[O-])cn2)CC1. The number of carbonyl (C=O) groups is 1. The maximum Gasteiger partial charge on any atom is 0.287 e. The number of aromatic nitrogens is 1. The molecule has 124 valence electrons. The number of phenolic OH excluding ortho intramolecular Hbond substituents is 1. The predicted molar refractivity (Wildman–Crippen MR) is 87.1 cm³/mol. The number of amides is 1. The van der Waals surface area contributed by atoms with Crippen LogP contribution in [0, 0.1) is 10.1 Å². The number of hydrogen-bond acceptors (Lipinski definition) is 6. The van der Waals surface area contributed by atoms with Crippen molar-refractivity contribution in [1.82, 2.24) is 9.88 Å². The van der Waals surface area contributed by atoms with Crippen LogP contribution in [0.3, 0.4) is 0 Å². The second kappa shape index (κ2) is 6.53. The quantitative estimate of drug-likeness (QED) is 0.679. The van der Waals surface area contributed by atoms with Crippen LogP contribution in [0.2, 0.25) is 0 Å². The maximum absolute atomic E-state index is 12.4. The molecule has 1 amide bonds. The van der Waals surface area contributed by atoms with Crippen molar-refractivity contribution in [2.45, 2.75) is 0 Å². The number of phenols is 1. The highest BCUT2D eigenvalue weighted by molar-refractivity contribution is 5.94. The Morgan fingerprint density at radius 1 is 1.17 bits per heavy atom. The number of nitrogens with zero attached hydrogens (tertiary/aromatic N) is 4. The molecule has 0 aliphatic carbocycles. The number of rotatable bonds is 3. The van der Waals surface area contributed by atoms with Crippen LogP contribution in [0.4, 0.5) is 11.5 Å². The minimum absolute atomic E-state index is 0.0450. The van der Waals surface area contributed by atoms with E-state index in [4.69, 9.17) is 0 Å². The zero-order chi connectivity index (χ0) is 17.1. The summed E-state index contributed by atoms with van der Waals surface area (Å²) in [5.41, 5.74) is 0.411. The molecule has 0 radical (unpaired) electrons. The number of aromatic hydroxyl groups is 1. The highest BCUT2D eigenvalue weighted by Crippen LogP contribution is 2.19. The van der Waals surface area contributed by atoms with Crippen molar-refractivity contribution in [3.8, 4) is 5.75 Å². The van der Waals surface area contributed by atoms with Gasteiger partial charge in [-0.25, -0.2) is 4.98 Å². The lowest BCUT2D eigenvalue weighted by Crippen LogP contribution is -2.49. The third kappa shape index (κ3) is 3.27. The molecule has 8 heteroatoms. The molecule has 1 aromatic heterocycles. The lowest BCUT2D eigenvalue weighted by molar-refractivity contribution is -0.385. The molecule has 3 rings (SSSR count). The number of nitro groups is 1. The smallest absolute Gasteiger partial charge is 0.287 e. The Bertz CT molecular complexity index is 755. The molecule has 0 saturated carbocycles. The molecule has 1 N–H and O–H groups in total. The maximum atomic E-state index is 12.4. The Kier molecular flexibility index (Phi) is 4.28. The van der Waals surface area contributed by atoms with Gasteiger partial charge in [-0.1, -0.05) is 6.07 Å². The molecule has 1 aliphatic rings. The third-order valence-electron chi connectivity index (χ3n) is 3.93. The Morgan fingerprint density at radius 2 is 1.92 bits per heavy atom. The summed E-state index contributed by atoms with van der Waals surface area (Å²) in [7, 11) is 0. The molecule has 24 heavy (non-hydrogen) atoms. The molecule has 1 aliphatic heterocycles. The summed E-state index contributed by atoms with van der Waals surface area (Å²) < 4.78 is 0. The monoisotopic (exact) mass is 328 g/mol. The summed E-state index contributed by atoms with van der Waals surface area (Å²) in [5, 5.41) is 20.1. The minimum atomic E-state index is -0.483. The summed E-state index contributed by atoms with van der Waals surface area (Å²) in [4.78, 5) is 30.4. The lowest BCUT2D eigenvalue weighted by Gasteiger charge is -2.35. The van der Waals surface area contributed by atoms with Gasteiger partial charge in [0.15, 0.2) is 0 Å². The topological polar surface area (TPSA) is 99.8 Å². The summed E-state index contributed by atoms with van der Waals surface area (Å²) in [6.07, 6.45) is 1.24. The Balaban J connectivity index is 1.63. The first-order valence-electron chi connectivity index (χ1n) is 7.48. The molecule has 0 bridgehead atoms. The number of benzene rings is 1. The van der Waals surface area contributed by atoms with Crippen molar-refractivity contribution in [3.05, 3.63) is 58.3 Å². The van der Waals surface area contributed by atoms with Crippen LogP contribution in [0.5, 0.6) is 5.75 Å². The fraction of sp³-hybridized carbons (Fsp3) is 0.250. The van der Waals surface area contributed by atoms with E-state index >= 15 is 0 Å². The molecule has 0 unspecified atom stereocenters. The van der Waals surface area contributed by atoms with E-state index in [-0.39, 0.29) is 17.3 Å². The van der Waals surface area contributed by atoms with Gasteiger partial charge in [-0.3, -0.25) is 14.9 Å². The first-order chi connectivity index (χ1) is 11.5. The van der Waals surface area contributed by atoms with Crippen LogP contribution < -0.4 is 4.90 Å². The number of anilines is 1. The Morgan fingerprint density at radius 3 is 2.50 bits per heavy atom. The highest BCUT2D eigenvalue weighted by atomic mass is 16.6. The molecule has 8 nitrogen and oxygen atoms in total. The van der Waals surface area contributed by atoms with E-state index in [9.17, 15) is 20.0 Å². The lowest BCUT2D eigenvalue weighted by atomic mass is 10.1. The van der Waals surface area contributed by atoms with Crippen LogP contribution in [0.1, 0.15) is 10.4 Å². The van der Waals surface area contributed by atoms with Crippen LogP contribution >= 0.6 is 0 Å². The van der Waals surface area contributed by atoms with Gasteiger partial charge in [-0.15, -0.1) is 0 Å². The summed E-state index contributed by atoms with van der Waals surface area (Å²) in [5.74, 6) is 0.599. The van der Waals surface area contributed by atoms with Crippen molar-refractivity contribution in [2.75, 3.05) is 31.1 Å². The standard InChI is InChI=1S/C16H16N4O4/c21-14-3-1-2-12(10-14)16(22)19-8-6-18(7-9-19)15-5-4-13(11-17-15)20(23)24/h1-5,10-11,21H,6-9H2. The molecule has 1 aromatic carbocycles. The van der Waals surface area contributed by atoms with Crippen LogP contribution in [-0.2, 0) is 0 Å². The molecular formula is C16H16N4O4. The summed E-state index contributed by atoms with van der Waals surface area (Å²) in [6.45, 7) is 2.23. The van der Waals surface area contributed by atoms with Crippen molar-refractivity contribution in [1.29, 1.82) is 0 Å². The van der Waals surface area contributed by atoms with Crippen molar-refractivity contribution < 1.29 is 14.8 Å². The first-order valence-corrected chi connectivity index (χ1v) is 7.48. The number of pyridine rings is 1. The fourth-order valence-corrected chi connectivity index (χ4v) is 2.63. The van der Waals surface area contributed by atoms with Gasteiger partial charge in [-0.2, -0.15) is 0 Å². The zero-order valence-electron chi connectivity index (χ0n) is 12.8. The van der Waals surface area contributed by atoms with E-state index in [0.717, 1.165) is 0 Å². The van der Waals surface area contributed by atoms with Gasteiger partial charge in [0.1, 0.15) is 17.8 Å². The largest absolute Gasteiger partial charge is 0.508 e. The van der Waals surface area contributed by atoms with Crippen molar-refractivity contribution >= 4 is 17.4 Å². The van der Waals surface area contributed by atoms with Gasteiger partial charge in [0, 0.05) is 37.8 Å². The van der Waals surface area contributed by atoms with E-state index in [2.05, 4.69) is 4.98 Å². The van der Waals surface area contributed by atoms with Crippen molar-refractivity contribution in [3.63, 3.8) is 0 Å². The second-order valence-corrected chi connectivity index (χ2v) is 5.46. The molecule has 0 spiro atoms. The first kappa shape index (κ1) is 15.7. The Hall–Kier alpha value is -3.16. The molecule has 2 heterocycles. The third-order valence-corrected chi connectivity index (χ3v) is 3.93. The van der Waals surface area contributed by atoms with Gasteiger partial charge in [0.05, 0.1) is 4.92 Å². The zero-order valence-corrected chi connectivity index (χ0v) is 12.8. The van der Waals surface area contributed by atoms with Crippen LogP contribution in [0.15, 0.2) is 42.6 Å². The molecule has 1 saturated heterocycles. The number of carbonyl (C=O) groups excluding carboxylic acids is 1. The number of hydrogen-bond donors (Lipinski definition) is 1. The van der Waals surface area contributed by atoms with Crippen LogP contribution in [-0.4, -0.2) is 52.0 Å². The van der Waals surface area contributed by atoms with Gasteiger partial charge in [0.2, 0.25) is 0 Å². The van der Waals surface area contributed by atoms with E-state index < -0.39 is 4.92 Å². The Labute approximate surface area is 138 Å². The normalized spacial score (nSPS) is 14.5. The predicted octanol–water partition coefficient (Wildman–Crippen LogP) is 1.66. The van der Waals surface area contributed by atoms with Gasteiger partial charge in [-0.05, 0) is 24.3 Å².